The largest absolute Gasteiger partial charge is 0.438 e. The van der Waals surface area contributed by atoms with Crippen LogP contribution in [0.4, 0.5) is 0 Å². The lowest BCUT2D eigenvalue weighted by molar-refractivity contribution is -0.114. The van der Waals surface area contributed by atoms with Crippen LogP contribution in [0.3, 0.4) is 0 Å². The number of nitrogens with two attached hydrogens (primary N) is 1. The second-order valence-electron chi connectivity index (χ2n) is 7.93. The zero-order valence-corrected chi connectivity index (χ0v) is 17.3. The minimum Gasteiger partial charge on any atom is -0.438 e. The highest BCUT2D eigenvalue weighted by molar-refractivity contribution is 6.00. The molecule has 3 aromatic rings. The van der Waals surface area contributed by atoms with Crippen LogP contribution in [-0.2, 0) is 10.2 Å². The SMILES string of the molecule is Cc1cccn2c(=O)c(/C=C(/C#N)C(N)=O)c(Oc3ccc(C(C)(C)C)cc3)nc12. The Morgan fingerprint density at radius 2 is 1.90 bits per heavy atom. The number of rotatable bonds is 4. The second-order valence-corrected chi connectivity index (χ2v) is 7.93. The van der Waals surface area contributed by atoms with Crippen molar-refractivity contribution in [2.75, 3.05) is 0 Å². The average molecular weight is 402 g/mol. The molecule has 0 unspecified atom stereocenters. The lowest BCUT2D eigenvalue weighted by atomic mass is 9.87. The standard InChI is InChI=1S/C23H22N4O3/c1-14-6-5-11-27-20(14)26-21(18(22(27)29)12-15(13-24)19(25)28)30-17-9-7-16(8-10-17)23(2,3)4/h5-12H,1-4H3,(H2,25,28)/b15-12-. The van der Waals surface area contributed by atoms with Crippen LogP contribution in [0.5, 0.6) is 11.6 Å². The highest BCUT2D eigenvalue weighted by Crippen LogP contribution is 2.28. The van der Waals surface area contributed by atoms with E-state index in [-0.39, 0.29) is 22.4 Å². The summed E-state index contributed by atoms with van der Waals surface area (Å²) in [5.74, 6) is -0.474. The number of aryl methyl sites for hydroxylation is 1. The Bertz CT molecular complexity index is 1260. The fourth-order valence-electron chi connectivity index (χ4n) is 2.93. The van der Waals surface area contributed by atoms with E-state index in [1.54, 1.807) is 30.5 Å². The number of amides is 1. The summed E-state index contributed by atoms with van der Waals surface area (Å²) in [5.41, 5.74) is 6.66. The molecule has 30 heavy (non-hydrogen) atoms. The van der Waals surface area contributed by atoms with Crippen molar-refractivity contribution in [1.82, 2.24) is 9.38 Å². The number of hydrogen-bond acceptors (Lipinski definition) is 5. The van der Waals surface area contributed by atoms with E-state index < -0.39 is 11.5 Å². The third-order valence-electron chi connectivity index (χ3n) is 4.66. The molecule has 0 fully saturated rings. The lowest BCUT2D eigenvalue weighted by Crippen LogP contribution is -2.20. The molecule has 0 bridgehead atoms. The van der Waals surface area contributed by atoms with Gasteiger partial charge in [0.25, 0.3) is 11.5 Å². The highest BCUT2D eigenvalue weighted by Gasteiger charge is 2.18. The van der Waals surface area contributed by atoms with Gasteiger partial charge in [-0.05, 0) is 47.7 Å². The Balaban J connectivity index is 2.20. The van der Waals surface area contributed by atoms with Crippen LogP contribution in [-0.4, -0.2) is 15.3 Å². The van der Waals surface area contributed by atoms with Gasteiger partial charge in [0, 0.05) is 6.20 Å². The van der Waals surface area contributed by atoms with Crippen molar-refractivity contribution in [2.24, 2.45) is 5.73 Å². The summed E-state index contributed by atoms with van der Waals surface area (Å²) in [6.45, 7) is 8.14. The number of fused-ring (bicyclic) bond motifs is 1. The predicted molar refractivity (Wildman–Crippen MR) is 114 cm³/mol. The fraction of sp³-hybridized carbons (Fsp3) is 0.217. The van der Waals surface area contributed by atoms with Crippen molar-refractivity contribution in [3.8, 4) is 17.7 Å². The first-order chi connectivity index (χ1) is 14.1. The minimum absolute atomic E-state index is 0.00758. The number of benzene rings is 1. The molecular weight excluding hydrogens is 380 g/mol. The molecule has 0 spiro atoms. The van der Waals surface area contributed by atoms with Gasteiger partial charge in [-0.2, -0.15) is 10.2 Å². The number of ether oxygens (including phenoxy) is 1. The van der Waals surface area contributed by atoms with Gasteiger partial charge in [0.05, 0.1) is 0 Å². The van der Waals surface area contributed by atoms with Gasteiger partial charge in [0.1, 0.15) is 28.6 Å². The third kappa shape index (κ3) is 4.08. The van der Waals surface area contributed by atoms with Gasteiger partial charge in [-0.1, -0.05) is 39.0 Å². The Kier molecular flexibility index (Phi) is 5.43. The quantitative estimate of drug-likeness (QED) is 0.530. The molecule has 0 aliphatic rings. The zero-order valence-electron chi connectivity index (χ0n) is 17.3. The summed E-state index contributed by atoms with van der Waals surface area (Å²) >= 11 is 0. The molecule has 0 atom stereocenters. The summed E-state index contributed by atoms with van der Waals surface area (Å²) in [5, 5.41) is 9.20. The average Bonchev–Trinajstić information content (AvgIpc) is 2.68. The maximum absolute atomic E-state index is 13.1. The molecule has 3 rings (SSSR count). The van der Waals surface area contributed by atoms with Crippen LogP contribution >= 0.6 is 0 Å². The summed E-state index contributed by atoms with van der Waals surface area (Å²) in [7, 11) is 0. The molecule has 7 heteroatoms. The van der Waals surface area contributed by atoms with E-state index in [1.165, 1.54) is 4.40 Å². The van der Waals surface area contributed by atoms with E-state index in [0.29, 0.717) is 11.4 Å². The van der Waals surface area contributed by atoms with Gasteiger partial charge < -0.3 is 10.5 Å². The van der Waals surface area contributed by atoms with Gasteiger partial charge in [-0.15, -0.1) is 0 Å². The van der Waals surface area contributed by atoms with Crippen LogP contribution in [0.15, 0.2) is 53.0 Å². The summed E-state index contributed by atoms with van der Waals surface area (Å²) in [6, 6.07) is 12.7. The number of hydrogen-bond donors (Lipinski definition) is 1. The van der Waals surface area contributed by atoms with Crippen LogP contribution < -0.4 is 16.0 Å². The van der Waals surface area contributed by atoms with E-state index in [9.17, 15) is 14.9 Å². The molecule has 1 aromatic carbocycles. The Hall–Kier alpha value is -3.92. The number of primary amides is 1. The second kappa shape index (κ2) is 7.84. The number of carbonyl (C=O) groups excluding carboxylic acids is 1. The van der Waals surface area contributed by atoms with Crippen LogP contribution in [0.2, 0.25) is 0 Å². The maximum atomic E-state index is 13.1. The minimum atomic E-state index is -0.938. The topological polar surface area (TPSA) is 110 Å². The van der Waals surface area contributed by atoms with Crippen molar-refractivity contribution in [3.63, 3.8) is 0 Å². The molecular formula is C23H22N4O3. The first-order valence-electron chi connectivity index (χ1n) is 9.34. The van der Waals surface area contributed by atoms with Gasteiger partial charge in [-0.25, -0.2) is 0 Å². The molecule has 7 nitrogen and oxygen atoms in total. The van der Waals surface area contributed by atoms with Gasteiger partial charge in [-0.3, -0.25) is 14.0 Å². The van der Waals surface area contributed by atoms with E-state index >= 15 is 0 Å². The molecule has 152 valence electrons. The normalized spacial score (nSPS) is 11.9. The molecule has 0 radical (unpaired) electrons. The Morgan fingerprint density at radius 1 is 1.23 bits per heavy atom. The van der Waals surface area contributed by atoms with Crippen LogP contribution in [0.25, 0.3) is 11.7 Å². The number of nitrogens with zero attached hydrogens (tertiary/aromatic N) is 3. The van der Waals surface area contributed by atoms with Gasteiger partial charge >= 0.3 is 0 Å². The van der Waals surface area contributed by atoms with Gasteiger partial charge in [0.15, 0.2) is 0 Å². The first kappa shape index (κ1) is 20.8. The van der Waals surface area contributed by atoms with Gasteiger partial charge in [0.2, 0.25) is 5.88 Å². The molecule has 0 saturated carbocycles. The summed E-state index contributed by atoms with van der Waals surface area (Å²) < 4.78 is 7.26. The Morgan fingerprint density at radius 3 is 2.47 bits per heavy atom. The number of nitriles is 1. The molecule has 2 N–H and O–H groups in total. The van der Waals surface area contributed by atoms with Crippen molar-refractivity contribution < 1.29 is 9.53 Å². The van der Waals surface area contributed by atoms with Crippen molar-refractivity contribution in [1.29, 1.82) is 5.26 Å². The third-order valence-corrected chi connectivity index (χ3v) is 4.66. The predicted octanol–water partition coefficient (Wildman–Crippen LogP) is 3.49. The van der Waals surface area contributed by atoms with Crippen LogP contribution in [0.1, 0.15) is 37.5 Å². The monoisotopic (exact) mass is 402 g/mol. The number of aromatic nitrogens is 2. The number of carbonyl (C=O) groups is 1. The summed E-state index contributed by atoms with van der Waals surface area (Å²) in [4.78, 5) is 29.1. The van der Waals surface area contributed by atoms with E-state index in [0.717, 1.165) is 17.2 Å². The van der Waals surface area contributed by atoms with Crippen molar-refractivity contribution in [2.45, 2.75) is 33.1 Å². The van der Waals surface area contributed by atoms with E-state index in [1.807, 2.05) is 25.1 Å². The lowest BCUT2D eigenvalue weighted by Gasteiger charge is -2.19. The molecule has 0 aliphatic heterocycles. The van der Waals surface area contributed by atoms with Crippen molar-refractivity contribution in [3.05, 3.63) is 75.2 Å². The number of pyridine rings is 1. The smallest absolute Gasteiger partial charge is 0.269 e. The molecule has 1 amide bonds. The molecule has 0 saturated heterocycles. The Labute approximate surface area is 174 Å². The fourth-order valence-corrected chi connectivity index (χ4v) is 2.93. The zero-order chi connectivity index (χ0) is 22.1. The highest BCUT2D eigenvalue weighted by atomic mass is 16.5. The maximum Gasteiger partial charge on any atom is 0.269 e. The van der Waals surface area contributed by atoms with Crippen molar-refractivity contribution >= 4 is 17.6 Å². The van der Waals surface area contributed by atoms with E-state index in [2.05, 4.69) is 25.8 Å². The molecule has 2 aromatic heterocycles. The summed E-state index contributed by atoms with van der Waals surface area (Å²) in [6.07, 6.45) is 2.68. The molecule has 2 heterocycles. The molecule has 0 aliphatic carbocycles. The first-order valence-corrected chi connectivity index (χ1v) is 9.34. The van der Waals surface area contributed by atoms with Crippen LogP contribution in [0, 0.1) is 18.3 Å². The van der Waals surface area contributed by atoms with E-state index in [4.69, 9.17) is 10.5 Å².